The number of hydrogen-bond acceptors (Lipinski definition) is 2. The molecule has 1 aliphatic rings. The lowest BCUT2D eigenvalue weighted by atomic mass is 9.87. The van der Waals surface area contributed by atoms with Gasteiger partial charge in [-0.15, -0.1) is 0 Å². The fourth-order valence-corrected chi connectivity index (χ4v) is 2.97. The van der Waals surface area contributed by atoms with Crippen LogP contribution < -0.4 is 10.6 Å². The highest BCUT2D eigenvalue weighted by atomic mass is 35.5. The molecule has 0 aromatic heterocycles. The summed E-state index contributed by atoms with van der Waals surface area (Å²) < 4.78 is 0. The fraction of sp³-hybridized carbons (Fsp3) is 0.562. The molecule has 4 nitrogen and oxygen atoms in total. The molecule has 0 bridgehead atoms. The standard InChI is InChI=1S/C16H23ClN2O2/c17-15-4-2-1-3-13(15)9-10-18-16(21)19-14-7-5-12(11-20)6-8-14/h1-4,12,14,20H,5-11H2,(H2,18,19,21). The Labute approximate surface area is 130 Å². The molecule has 21 heavy (non-hydrogen) atoms. The lowest BCUT2D eigenvalue weighted by molar-refractivity contribution is 0.174. The molecule has 5 heteroatoms. The number of urea groups is 1. The van der Waals surface area contributed by atoms with Crippen molar-refractivity contribution >= 4 is 17.6 Å². The highest BCUT2D eigenvalue weighted by Gasteiger charge is 2.21. The zero-order chi connectivity index (χ0) is 15.1. The Hall–Kier alpha value is -1.26. The van der Waals surface area contributed by atoms with Crippen LogP contribution in [0, 0.1) is 5.92 Å². The first-order valence-electron chi connectivity index (χ1n) is 7.57. The minimum Gasteiger partial charge on any atom is -0.396 e. The molecule has 1 fully saturated rings. The Bertz CT molecular complexity index is 459. The van der Waals surface area contributed by atoms with Gasteiger partial charge < -0.3 is 15.7 Å². The van der Waals surface area contributed by atoms with Gasteiger partial charge in [0.05, 0.1) is 0 Å². The van der Waals surface area contributed by atoms with Crippen LogP contribution in [0.5, 0.6) is 0 Å². The number of aliphatic hydroxyl groups excluding tert-OH is 1. The number of carbonyl (C=O) groups is 1. The summed E-state index contributed by atoms with van der Waals surface area (Å²) in [4.78, 5) is 11.8. The van der Waals surface area contributed by atoms with Crippen LogP contribution in [-0.2, 0) is 6.42 Å². The van der Waals surface area contributed by atoms with E-state index in [1.54, 1.807) is 0 Å². The van der Waals surface area contributed by atoms with Crippen molar-refractivity contribution in [1.82, 2.24) is 10.6 Å². The number of amides is 2. The van der Waals surface area contributed by atoms with Crippen molar-refractivity contribution in [3.63, 3.8) is 0 Å². The summed E-state index contributed by atoms with van der Waals surface area (Å²) in [7, 11) is 0. The SMILES string of the molecule is O=C(NCCc1ccccc1Cl)NC1CCC(CO)CC1. The molecule has 0 unspecified atom stereocenters. The van der Waals surface area contributed by atoms with E-state index in [0.29, 0.717) is 12.5 Å². The maximum Gasteiger partial charge on any atom is 0.315 e. The van der Waals surface area contributed by atoms with E-state index in [4.69, 9.17) is 16.7 Å². The van der Waals surface area contributed by atoms with Crippen LogP contribution in [0.4, 0.5) is 4.79 Å². The number of halogens is 1. The zero-order valence-electron chi connectivity index (χ0n) is 12.1. The third-order valence-electron chi connectivity index (χ3n) is 4.08. The Balaban J connectivity index is 1.65. The number of carbonyl (C=O) groups excluding carboxylic acids is 1. The van der Waals surface area contributed by atoms with Crippen molar-refractivity contribution in [3.05, 3.63) is 34.9 Å². The Morgan fingerprint density at radius 1 is 1.24 bits per heavy atom. The molecule has 0 heterocycles. The Kier molecular flexibility index (Phi) is 6.33. The summed E-state index contributed by atoms with van der Waals surface area (Å²) in [5.74, 6) is 0.409. The van der Waals surface area contributed by atoms with E-state index in [9.17, 15) is 4.79 Å². The first-order chi connectivity index (χ1) is 10.2. The Morgan fingerprint density at radius 3 is 2.62 bits per heavy atom. The summed E-state index contributed by atoms with van der Waals surface area (Å²) in [6, 6.07) is 7.78. The smallest absolute Gasteiger partial charge is 0.315 e. The number of rotatable bonds is 5. The molecule has 0 spiro atoms. The maximum atomic E-state index is 11.8. The second-order valence-electron chi connectivity index (χ2n) is 5.64. The summed E-state index contributed by atoms with van der Waals surface area (Å²) in [5.41, 5.74) is 1.04. The Morgan fingerprint density at radius 2 is 1.95 bits per heavy atom. The maximum absolute atomic E-state index is 11.8. The van der Waals surface area contributed by atoms with Crippen molar-refractivity contribution in [3.8, 4) is 0 Å². The second kappa shape index (κ2) is 8.25. The molecule has 1 aromatic carbocycles. The number of aliphatic hydroxyl groups is 1. The van der Waals surface area contributed by atoms with Crippen molar-refractivity contribution in [2.24, 2.45) is 5.92 Å². The normalized spacial score (nSPS) is 21.8. The van der Waals surface area contributed by atoms with Crippen molar-refractivity contribution in [2.75, 3.05) is 13.2 Å². The van der Waals surface area contributed by atoms with E-state index < -0.39 is 0 Å². The van der Waals surface area contributed by atoms with Gasteiger partial charge in [-0.1, -0.05) is 29.8 Å². The highest BCUT2D eigenvalue weighted by molar-refractivity contribution is 6.31. The predicted molar refractivity (Wildman–Crippen MR) is 84.5 cm³/mol. The van der Waals surface area contributed by atoms with Gasteiger partial charge in [0.2, 0.25) is 0 Å². The van der Waals surface area contributed by atoms with E-state index in [0.717, 1.165) is 42.7 Å². The fourth-order valence-electron chi connectivity index (χ4n) is 2.74. The van der Waals surface area contributed by atoms with Crippen molar-refractivity contribution < 1.29 is 9.90 Å². The number of hydrogen-bond donors (Lipinski definition) is 3. The average molecular weight is 311 g/mol. The van der Waals surface area contributed by atoms with Crippen molar-refractivity contribution in [2.45, 2.75) is 38.1 Å². The van der Waals surface area contributed by atoms with Crippen LogP contribution in [0.2, 0.25) is 5.02 Å². The van der Waals surface area contributed by atoms with Crippen LogP contribution in [0.3, 0.4) is 0 Å². The number of nitrogens with one attached hydrogen (secondary N) is 2. The van der Waals surface area contributed by atoms with Crippen LogP contribution >= 0.6 is 11.6 Å². The van der Waals surface area contributed by atoms with Crippen LogP contribution in [0.25, 0.3) is 0 Å². The minimum atomic E-state index is -0.116. The lowest BCUT2D eigenvalue weighted by Crippen LogP contribution is -2.44. The molecule has 116 valence electrons. The van der Waals surface area contributed by atoms with Gasteiger partial charge in [-0.05, 0) is 49.7 Å². The van der Waals surface area contributed by atoms with E-state index in [1.807, 2.05) is 24.3 Å². The van der Waals surface area contributed by atoms with Crippen LogP contribution in [-0.4, -0.2) is 30.3 Å². The largest absolute Gasteiger partial charge is 0.396 e. The minimum absolute atomic E-state index is 0.116. The van der Waals surface area contributed by atoms with E-state index in [1.165, 1.54) is 0 Å². The van der Waals surface area contributed by atoms with Gasteiger partial charge in [0.1, 0.15) is 0 Å². The lowest BCUT2D eigenvalue weighted by Gasteiger charge is -2.27. The molecule has 1 aromatic rings. The van der Waals surface area contributed by atoms with Gasteiger partial charge in [-0.25, -0.2) is 4.79 Å². The highest BCUT2D eigenvalue weighted by Crippen LogP contribution is 2.23. The molecule has 0 saturated heterocycles. The van der Waals surface area contributed by atoms with Crippen LogP contribution in [0.15, 0.2) is 24.3 Å². The molecule has 3 N–H and O–H groups in total. The van der Waals surface area contributed by atoms with Crippen LogP contribution in [0.1, 0.15) is 31.2 Å². The topological polar surface area (TPSA) is 61.4 Å². The number of benzene rings is 1. The third kappa shape index (κ3) is 5.21. The van der Waals surface area contributed by atoms with Gasteiger partial charge in [0, 0.05) is 24.2 Å². The molecular formula is C16H23ClN2O2. The van der Waals surface area contributed by atoms with Gasteiger partial charge in [0.15, 0.2) is 0 Å². The van der Waals surface area contributed by atoms with E-state index in [-0.39, 0.29) is 18.7 Å². The molecule has 1 aliphatic carbocycles. The monoisotopic (exact) mass is 310 g/mol. The first-order valence-corrected chi connectivity index (χ1v) is 7.95. The van der Waals surface area contributed by atoms with E-state index in [2.05, 4.69) is 10.6 Å². The molecule has 2 rings (SSSR count). The summed E-state index contributed by atoms with van der Waals surface area (Å²) in [5, 5.41) is 15.7. The predicted octanol–water partition coefficient (Wildman–Crippen LogP) is 2.73. The second-order valence-corrected chi connectivity index (χ2v) is 6.05. The van der Waals surface area contributed by atoms with E-state index >= 15 is 0 Å². The molecule has 2 amide bonds. The summed E-state index contributed by atoms with van der Waals surface area (Å²) in [6.07, 6.45) is 4.60. The average Bonchev–Trinajstić information content (AvgIpc) is 2.50. The van der Waals surface area contributed by atoms with Gasteiger partial charge in [-0.2, -0.15) is 0 Å². The van der Waals surface area contributed by atoms with Gasteiger partial charge in [-0.3, -0.25) is 0 Å². The molecule has 0 atom stereocenters. The quantitative estimate of drug-likeness (QED) is 0.783. The molecule has 1 saturated carbocycles. The van der Waals surface area contributed by atoms with Gasteiger partial charge in [0.25, 0.3) is 0 Å². The first kappa shape index (κ1) is 16.1. The molecule has 0 radical (unpaired) electrons. The summed E-state index contributed by atoms with van der Waals surface area (Å²) >= 11 is 6.07. The van der Waals surface area contributed by atoms with Crippen molar-refractivity contribution in [1.29, 1.82) is 0 Å². The zero-order valence-corrected chi connectivity index (χ0v) is 12.9. The molecular weight excluding hydrogens is 288 g/mol. The summed E-state index contributed by atoms with van der Waals surface area (Å²) in [6.45, 7) is 0.832. The third-order valence-corrected chi connectivity index (χ3v) is 4.45. The van der Waals surface area contributed by atoms with Gasteiger partial charge >= 0.3 is 6.03 Å². The molecule has 0 aliphatic heterocycles.